The Morgan fingerprint density at radius 1 is 1.44 bits per heavy atom. The first-order chi connectivity index (χ1) is 8.58. The Bertz CT molecular complexity index is 356. The topological polar surface area (TPSA) is 38.5 Å². The van der Waals surface area contributed by atoms with Crippen molar-refractivity contribution in [3.8, 4) is 0 Å². The molecule has 0 heterocycles. The van der Waals surface area contributed by atoms with Crippen molar-refractivity contribution in [2.45, 2.75) is 12.5 Å². The Hall–Kier alpha value is -0.680. The summed E-state index contributed by atoms with van der Waals surface area (Å²) in [6.07, 6.45) is 0.909. The molecule has 1 atom stereocenters. The Morgan fingerprint density at radius 3 is 2.72 bits per heavy atom. The molecule has 102 valence electrons. The molecule has 1 rings (SSSR count). The van der Waals surface area contributed by atoms with Crippen molar-refractivity contribution < 1.29 is 9.13 Å². The molecule has 0 aliphatic carbocycles. The van der Waals surface area contributed by atoms with Crippen molar-refractivity contribution in [3.05, 3.63) is 34.6 Å². The van der Waals surface area contributed by atoms with Crippen molar-refractivity contribution in [1.82, 2.24) is 4.90 Å². The summed E-state index contributed by atoms with van der Waals surface area (Å²) >= 11 is 5.86. The van der Waals surface area contributed by atoms with Crippen LogP contribution < -0.4 is 5.73 Å². The molecule has 0 aliphatic heterocycles. The summed E-state index contributed by atoms with van der Waals surface area (Å²) in [6, 6.07) is 4.50. The number of benzene rings is 1. The fourth-order valence-electron chi connectivity index (χ4n) is 1.95. The highest BCUT2D eigenvalue weighted by molar-refractivity contribution is 6.30. The number of nitrogens with two attached hydrogens (primary N) is 1. The number of likely N-dealkylation sites (N-methyl/N-ethyl adjacent to an activating group) is 1. The molecule has 18 heavy (non-hydrogen) atoms. The van der Waals surface area contributed by atoms with Gasteiger partial charge in [0.2, 0.25) is 0 Å². The van der Waals surface area contributed by atoms with Gasteiger partial charge in [-0.25, -0.2) is 4.39 Å². The maximum absolute atomic E-state index is 13.3. The Kier molecular flexibility index (Phi) is 6.57. The van der Waals surface area contributed by atoms with E-state index in [1.165, 1.54) is 12.1 Å². The van der Waals surface area contributed by atoms with Crippen molar-refractivity contribution in [1.29, 1.82) is 0 Å². The number of hydrogen-bond acceptors (Lipinski definition) is 3. The lowest BCUT2D eigenvalue weighted by Crippen LogP contribution is -2.31. The fraction of sp³-hybridized carbons (Fsp3) is 0.538. The van der Waals surface area contributed by atoms with Gasteiger partial charge in [0.15, 0.2) is 0 Å². The highest BCUT2D eigenvalue weighted by Gasteiger charge is 2.16. The molecule has 0 aliphatic rings. The third-order valence-corrected chi connectivity index (χ3v) is 3.10. The molecule has 0 fully saturated rings. The maximum Gasteiger partial charge on any atom is 0.125 e. The number of halogens is 2. The zero-order valence-corrected chi connectivity index (χ0v) is 11.6. The van der Waals surface area contributed by atoms with E-state index in [0.29, 0.717) is 18.2 Å². The minimum atomic E-state index is -0.332. The lowest BCUT2D eigenvalue weighted by molar-refractivity contribution is 0.166. The molecule has 1 unspecified atom stereocenters. The second-order valence-corrected chi connectivity index (χ2v) is 4.72. The Morgan fingerprint density at radius 2 is 2.17 bits per heavy atom. The van der Waals surface area contributed by atoms with Gasteiger partial charge in [-0.05, 0) is 37.2 Å². The monoisotopic (exact) mass is 274 g/mol. The van der Waals surface area contributed by atoms with Gasteiger partial charge in [0.25, 0.3) is 0 Å². The van der Waals surface area contributed by atoms with Gasteiger partial charge < -0.3 is 10.5 Å². The van der Waals surface area contributed by atoms with Crippen molar-refractivity contribution in [2.24, 2.45) is 5.73 Å². The van der Waals surface area contributed by atoms with Crippen LogP contribution in [0.5, 0.6) is 0 Å². The number of rotatable bonds is 7. The predicted octanol–water partition coefficient (Wildman–Crippen LogP) is 2.45. The number of nitrogens with zero attached hydrogens (tertiary/aromatic N) is 1. The summed E-state index contributed by atoms with van der Waals surface area (Å²) in [5.74, 6) is -0.332. The van der Waals surface area contributed by atoms with Gasteiger partial charge in [-0.1, -0.05) is 11.6 Å². The minimum Gasteiger partial charge on any atom is -0.385 e. The zero-order valence-electron chi connectivity index (χ0n) is 10.8. The summed E-state index contributed by atoms with van der Waals surface area (Å²) in [5, 5.41) is 0.397. The van der Waals surface area contributed by atoms with Crippen LogP contribution in [0.25, 0.3) is 0 Å². The Labute approximate surface area is 113 Å². The smallest absolute Gasteiger partial charge is 0.125 e. The lowest BCUT2D eigenvalue weighted by Gasteiger charge is -2.27. The first-order valence-corrected chi connectivity index (χ1v) is 6.31. The molecule has 0 bridgehead atoms. The van der Waals surface area contributed by atoms with Crippen LogP contribution in [0, 0.1) is 5.82 Å². The molecule has 0 saturated heterocycles. The lowest BCUT2D eigenvalue weighted by atomic mass is 10.1. The van der Waals surface area contributed by atoms with Gasteiger partial charge in [-0.3, -0.25) is 4.90 Å². The third kappa shape index (κ3) is 4.53. The Balaban J connectivity index is 2.74. The van der Waals surface area contributed by atoms with Gasteiger partial charge in [0.1, 0.15) is 5.82 Å². The molecule has 1 aromatic rings. The average Bonchev–Trinajstić information content (AvgIpc) is 2.29. The van der Waals surface area contributed by atoms with Crippen molar-refractivity contribution in [2.75, 3.05) is 33.9 Å². The van der Waals surface area contributed by atoms with E-state index in [9.17, 15) is 4.39 Å². The van der Waals surface area contributed by atoms with Gasteiger partial charge in [0, 0.05) is 37.9 Å². The van der Waals surface area contributed by atoms with E-state index in [1.807, 2.05) is 7.05 Å². The van der Waals surface area contributed by atoms with Gasteiger partial charge in [0.05, 0.1) is 0 Å². The van der Waals surface area contributed by atoms with Crippen LogP contribution in [0.15, 0.2) is 18.2 Å². The molecular weight excluding hydrogens is 255 g/mol. The summed E-state index contributed by atoms with van der Waals surface area (Å²) in [7, 11) is 3.64. The van der Waals surface area contributed by atoms with Gasteiger partial charge in [-0.2, -0.15) is 0 Å². The number of hydrogen-bond donors (Lipinski definition) is 1. The summed E-state index contributed by atoms with van der Waals surface area (Å²) < 4.78 is 18.3. The molecule has 3 nitrogen and oxygen atoms in total. The van der Waals surface area contributed by atoms with Crippen LogP contribution in [-0.4, -0.2) is 38.8 Å². The van der Waals surface area contributed by atoms with Crippen LogP contribution in [0.3, 0.4) is 0 Å². The second kappa shape index (κ2) is 7.69. The minimum absolute atomic E-state index is 0.0324. The third-order valence-electron chi connectivity index (χ3n) is 2.88. The maximum atomic E-state index is 13.3. The number of ether oxygens (including phenoxy) is 1. The summed E-state index contributed by atoms with van der Waals surface area (Å²) in [6.45, 7) is 1.96. The van der Waals surface area contributed by atoms with Crippen LogP contribution >= 0.6 is 11.6 Å². The van der Waals surface area contributed by atoms with E-state index < -0.39 is 0 Å². The average molecular weight is 275 g/mol. The van der Waals surface area contributed by atoms with Crippen LogP contribution in [0.4, 0.5) is 4.39 Å². The zero-order chi connectivity index (χ0) is 13.5. The second-order valence-electron chi connectivity index (χ2n) is 4.28. The highest BCUT2D eigenvalue weighted by atomic mass is 35.5. The molecule has 1 aromatic carbocycles. The molecule has 0 saturated carbocycles. The van der Waals surface area contributed by atoms with E-state index in [2.05, 4.69) is 4.90 Å². The first kappa shape index (κ1) is 15.4. The predicted molar refractivity (Wildman–Crippen MR) is 72.3 cm³/mol. The first-order valence-electron chi connectivity index (χ1n) is 5.93. The molecule has 0 spiro atoms. The standard InChI is InChI=1S/C13H20ClFN2O/c1-17(4-3-5-18-2)13(9-16)10-6-11(14)8-12(15)7-10/h6-8,13H,3-5,9,16H2,1-2H3. The van der Waals surface area contributed by atoms with E-state index in [0.717, 1.165) is 18.5 Å². The number of methoxy groups -OCH3 is 1. The molecule has 0 aromatic heterocycles. The normalized spacial score (nSPS) is 13.0. The SMILES string of the molecule is COCCCN(C)C(CN)c1cc(F)cc(Cl)c1. The summed E-state index contributed by atoms with van der Waals surface area (Å²) in [4.78, 5) is 2.09. The molecule has 0 radical (unpaired) electrons. The van der Waals surface area contributed by atoms with E-state index in [1.54, 1.807) is 13.2 Å². The summed E-state index contributed by atoms with van der Waals surface area (Å²) in [5.41, 5.74) is 6.58. The molecule has 2 N–H and O–H groups in total. The quantitative estimate of drug-likeness (QED) is 0.776. The largest absolute Gasteiger partial charge is 0.385 e. The van der Waals surface area contributed by atoms with Crippen molar-refractivity contribution in [3.63, 3.8) is 0 Å². The van der Waals surface area contributed by atoms with Crippen LogP contribution in [0.1, 0.15) is 18.0 Å². The van der Waals surface area contributed by atoms with Crippen LogP contribution in [-0.2, 0) is 4.74 Å². The fourth-order valence-corrected chi connectivity index (χ4v) is 2.18. The molecule has 5 heteroatoms. The van der Waals surface area contributed by atoms with Gasteiger partial charge >= 0.3 is 0 Å². The molecular formula is C13H20ClFN2O. The van der Waals surface area contributed by atoms with E-state index >= 15 is 0 Å². The van der Waals surface area contributed by atoms with E-state index in [4.69, 9.17) is 22.1 Å². The van der Waals surface area contributed by atoms with Gasteiger partial charge in [-0.15, -0.1) is 0 Å². The molecule has 0 amide bonds. The van der Waals surface area contributed by atoms with Crippen LogP contribution in [0.2, 0.25) is 5.02 Å². The highest BCUT2D eigenvalue weighted by Crippen LogP contribution is 2.23. The van der Waals surface area contributed by atoms with E-state index in [-0.39, 0.29) is 11.9 Å². The van der Waals surface area contributed by atoms with Crippen molar-refractivity contribution >= 4 is 11.6 Å².